The molecule has 0 aliphatic carbocycles. The molecule has 0 radical (unpaired) electrons. The van der Waals surface area contributed by atoms with E-state index in [1.807, 2.05) is 0 Å². The van der Waals surface area contributed by atoms with Crippen LogP contribution in [-0.4, -0.2) is 15.6 Å². The highest BCUT2D eigenvalue weighted by Gasteiger charge is 2.26. The molecule has 0 aromatic heterocycles. The van der Waals surface area contributed by atoms with E-state index in [1.54, 1.807) is 0 Å². The monoisotopic (exact) mass is 216 g/mol. The normalized spacial score (nSPS) is 22.3. The highest BCUT2D eigenvalue weighted by atomic mass is 32.2. The van der Waals surface area contributed by atoms with Gasteiger partial charge in [0.05, 0.1) is 4.08 Å². The molecule has 1 aliphatic rings. The van der Waals surface area contributed by atoms with Gasteiger partial charge in [-0.15, -0.1) is 23.5 Å². The minimum Gasteiger partial charge on any atom is -0.144 e. The smallest absolute Gasteiger partial charge is 0.0586 e. The Morgan fingerprint density at radius 2 is 1.92 bits per heavy atom. The minimum atomic E-state index is 0.510. The third-order valence-electron chi connectivity index (χ3n) is 2.27. The molecule has 0 N–H and O–H groups in total. The summed E-state index contributed by atoms with van der Waals surface area (Å²) in [5.41, 5.74) is 0. The molecule has 0 aromatic rings. The lowest BCUT2D eigenvalue weighted by molar-refractivity contribution is 0.773. The van der Waals surface area contributed by atoms with Crippen LogP contribution in [0.2, 0.25) is 0 Å². The maximum absolute atomic E-state index is 2.40. The Morgan fingerprint density at radius 1 is 1.23 bits per heavy atom. The van der Waals surface area contributed by atoms with Crippen LogP contribution in [0.15, 0.2) is 12.2 Å². The molecule has 0 unspecified atom stereocenters. The maximum atomic E-state index is 2.40. The summed E-state index contributed by atoms with van der Waals surface area (Å²) in [7, 11) is 0. The number of thioether (sulfide) groups is 2. The van der Waals surface area contributed by atoms with E-state index in [4.69, 9.17) is 0 Å². The van der Waals surface area contributed by atoms with Gasteiger partial charge >= 0.3 is 0 Å². The molecule has 76 valence electrons. The summed E-state index contributed by atoms with van der Waals surface area (Å²) in [6.07, 6.45) is 9.78. The molecule has 0 amide bonds. The number of rotatable bonds is 4. The van der Waals surface area contributed by atoms with Crippen molar-refractivity contribution >= 4 is 23.5 Å². The molecule has 13 heavy (non-hydrogen) atoms. The molecule has 1 heterocycles. The summed E-state index contributed by atoms with van der Waals surface area (Å²) >= 11 is 4.31. The standard InChI is InChI=1S/C11H20S2/c1-3-4-5-6-8-11(2)12-9-7-10-13-11/h4-5H,3,6-10H2,1-2H3/b5-4-. The molecular weight excluding hydrogens is 196 g/mol. The van der Waals surface area contributed by atoms with Gasteiger partial charge in [-0.2, -0.15) is 0 Å². The van der Waals surface area contributed by atoms with E-state index in [9.17, 15) is 0 Å². The van der Waals surface area contributed by atoms with Crippen LogP contribution in [0.3, 0.4) is 0 Å². The van der Waals surface area contributed by atoms with E-state index in [0.717, 1.165) is 0 Å². The molecule has 1 saturated heterocycles. The summed E-state index contributed by atoms with van der Waals surface area (Å²) < 4.78 is 0.510. The number of hydrogen-bond acceptors (Lipinski definition) is 2. The number of hydrogen-bond donors (Lipinski definition) is 0. The summed E-state index contributed by atoms with van der Waals surface area (Å²) in [5, 5.41) is 0. The van der Waals surface area contributed by atoms with Gasteiger partial charge in [-0.1, -0.05) is 19.1 Å². The first-order valence-corrected chi connectivity index (χ1v) is 7.17. The zero-order valence-electron chi connectivity index (χ0n) is 8.71. The second kappa shape index (κ2) is 6.02. The molecular formula is C11H20S2. The topological polar surface area (TPSA) is 0 Å². The first-order chi connectivity index (χ1) is 6.27. The lowest BCUT2D eigenvalue weighted by atomic mass is 10.2. The molecule has 1 fully saturated rings. The average molecular weight is 216 g/mol. The van der Waals surface area contributed by atoms with Crippen molar-refractivity contribution in [3.8, 4) is 0 Å². The van der Waals surface area contributed by atoms with Crippen molar-refractivity contribution in [2.24, 2.45) is 0 Å². The van der Waals surface area contributed by atoms with Crippen molar-refractivity contribution in [2.75, 3.05) is 11.5 Å². The van der Waals surface area contributed by atoms with Crippen molar-refractivity contribution in [3.63, 3.8) is 0 Å². The average Bonchev–Trinajstić information content (AvgIpc) is 2.14. The summed E-state index contributed by atoms with van der Waals surface area (Å²) in [5.74, 6) is 2.72. The second-order valence-electron chi connectivity index (χ2n) is 3.60. The summed E-state index contributed by atoms with van der Waals surface area (Å²) in [6, 6.07) is 0. The molecule has 0 saturated carbocycles. The van der Waals surface area contributed by atoms with E-state index in [0.29, 0.717) is 4.08 Å². The van der Waals surface area contributed by atoms with Crippen LogP contribution in [0.1, 0.15) is 39.5 Å². The van der Waals surface area contributed by atoms with Gasteiger partial charge in [-0.25, -0.2) is 0 Å². The van der Waals surface area contributed by atoms with Gasteiger partial charge in [0.15, 0.2) is 0 Å². The zero-order valence-corrected chi connectivity index (χ0v) is 10.3. The minimum absolute atomic E-state index is 0.510. The van der Waals surface area contributed by atoms with Crippen molar-refractivity contribution < 1.29 is 0 Å². The second-order valence-corrected chi connectivity index (χ2v) is 7.06. The first kappa shape index (κ1) is 11.5. The van der Waals surface area contributed by atoms with E-state index in [2.05, 4.69) is 49.5 Å². The maximum Gasteiger partial charge on any atom is 0.0586 e. The Balaban J connectivity index is 2.21. The van der Waals surface area contributed by atoms with Crippen molar-refractivity contribution in [1.82, 2.24) is 0 Å². The lowest BCUT2D eigenvalue weighted by Crippen LogP contribution is -2.20. The third kappa shape index (κ3) is 4.46. The SMILES string of the molecule is CC/C=C\CCC1(C)SCCCS1. The van der Waals surface area contributed by atoms with Crippen molar-refractivity contribution in [3.05, 3.63) is 12.2 Å². The highest BCUT2D eigenvalue weighted by Crippen LogP contribution is 2.44. The molecule has 0 bridgehead atoms. The van der Waals surface area contributed by atoms with Crippen LogP contribution in [0.5, 0.6) is 0 Å². The predicted molar refractivity (Wildman–Crippen MR) is 66.6 cm³/mol. The molecule has 2 heteroatoms. The Kier molecular flexibility index (Phi) is 5.34. The molecule has 0 nitrogen and oxygen atoms in total. The molecule has 1 aliphatic heterocycles. The highest BCUT2D eigenvalue weighted by molar-refractivity contribution is 8.18. The van der Waals surface area contributed by atoms with Gasteiger partial charge in [0.1, 0.15) is 0 Å². The van der Waals surface area contributed by atoms with Crippen LogP contribution in [-0.2, 0) is 0 Å². The van der Waals surface area contributed by atoms with Crippen LogP contribution >= 0.6 is 23.5 Å². The largest absolute Gasteiger partial charge is 0.144 e. The zero-order chi connectivity index (χ0) is 9.57. The van der Waals surface area contributed by atoms with Gasteiger partial charge < -0.3 is 0 Å². The number of allylic oxidation sites excluding steroid dienone is 2. The fraction of sp³-hybridized carbons (Fsp3) is 0.818. The van der Waals surface area contributed by atoms with E-state index >= 15 is 0 Å². The predicted octanol–water partition coefficient (Wildman–Crippen LogP) is 4.32. The van der Waals surface area contributed by atoms with Crippen LogP contribution < -0.4 is 0 Å². The van der Waals surface area contributed by atoms with Crippen molar-refractivity contribution in [1.29, 1.82) is 0 Å². The van der Waals surface area contributed by atoms with Gasteiger partial charge in [0.2, 0.25) is 0 Å². The molecule has 0 atom stereocenters. The quantitative estimate of drug-likeness (QED) is 0.642. The first-order valence-electron chi connectivity index (χ1n) is 5.20. The third-order valence-corrected chi connectivity index (χ3v) is 5.59. The molecule has 0 aromatic carbocycles. The van der Waals surface area contributed by atoms with E-state index < -0.39 is 0 Å². The fourth-order valence-electron chi connectivity index (χ4n) is 1.45. The Bertz CT molecular complexity index is 157. The Hall–Kier alpha value is 0.440. The Morgan fingerprint density at radius 3 is 2.54 bits per heavy atom. The van der Waals surface area contributed by atoms with E-state index in [1.165, 1.54) is 37.2 Å². The van der Waals surface area contributed by atoms with Gasteiger partial charge in [0.25, 0.3) is 0 Å². The molecule has 1 rings (SSSR count). The fourth-order valence-corrected chi connectivity index (χ4v) is 4.43. The van der Waals surface area contributed by atoms with E-state index in [-0.39, 0.29) is 0 Å². The van der Waals surface area contributed by atoms with Gasteiger partial charge in [-0.05, 0) is 44.1 Å². The van der Waals surface area contributed by atoms with Gasteiger partial charge in [0, 0.05) is 0 Å². The summed E-state index contributed by atoms with van der Waals surface area (Å²) in [4.78, 5) is 0. The van der Waals surface area contributed by atoms with Crippen molar-refractivity contribution in [2.45, 2.75) is 43.6 Å². The van der Waals surface area contributed by atoms with Crippen LogP contribution in [0.4, 0.5) is 0 Å². The molecule has 0 spiro atoms. The Labute approximate surface area is 90.9 Å². The van der Waals surface area contributed by atoms with Crippen LogP contribution in [0, 0.1) is 0 Å². The van der Waals surface area contributed by atoms with Crippen LogP contribution in [0.25, 0.3) is 0 Å². The lowest BCUT2D eigenvalue weighted by Gasteiger charge is -2.32. The van der Waals surface area contributed by atoms with Gasteiger partial charge in [-0.3, -0.25) is 0 Å². The summed E-state index contributed by atoms with van der Waals surface area (Å²) in [6.45, 7) is 4.60.